The second kappa shape index (κ2) is 7.47. The van der Waals surface area contributed by atoms with E-state index in [0.29, 0.717) is 0 Å². The van der Waals surface area contributed by atoms with Gasteiger partial charge in [-0.1, -0.05) is 24.3 Å². The molecule has 2 aliphatic heterocycles. The van der Waals surface area contributed by atoms with Crippen LogP contribution in [0.3, 0.4) is 0 Å². The maximum Gasteiger partial charge on any atom is 0.134 e. The predicted octanol–water partition coefficient (Wildman–Crippen LogP) is 4.11. The summed E-state index contributed by atoms with van der Waals surface area (Å²) >= 11 is 0. The maximum absolute atomic E-state index is 4.83. The van der Waals surface area contributed by atoms with Gasteiger partial charge in [0.2, 0.25) is 0 Å². The Morgan fingerprint density at radius 1 is 0.742 bits per heavy atom. The number of nitrogens with one attached hydrogen (secondary N) is 1. The van der Waals surface area contributed by atoms with Crippen molar-refractivity contribution in [3.05, 3.63) is 96.6 Å². The third-order valence-corrected chi connectivity index (χ3v) is 6.22. The van der Waals surface area contributed by atoms with Crippen LogP contribution in [0.5, 0.6) is 0 Å². The van der Waals surface area contributed by atoms with E-state index in [1.54, 1.807) is 0 Å². The second-order valence-electron chi connectivity index (χ2n) is 7.98. The van der Waals surface area contributed by atoms with Crippen LogP contribution in [-0.4, -0.2) is 40.7 Å². The minimum absolute atomic E-state index is 0.0578. The molecule has 1 aromatic carbocycles. The molecule has 2 aliphatic rings. The summed E-state index contributed by atoms with van der Waals surface area (Å²) in [4.78, 5) is 14.1. The first-order valence-electron chi connectivity index (χ1n) is 10.8. The summed E-state index contributed by atoms with van der Waals surface area (Å²) in [6, 6.07) is 23.2. The molecule has 0 bridgehead atoms. The van der Waals surface area contributed by atoms with Crippen molar-refractivity contribution in [1.29, 1.82) is 0 Å². The first-order chi connectivity index (χ1) is 15.4. The second-order valence-corrected chi connectivity index (χ2v) is 7.98. The average Bonchev–Trinajstić information content (AvgIpc) is 3.35. The number of benzene rings is 1. The Hall–Kier alpha value is -3.80. The van der Waals surface area contributed by atoms with Crippen molar-refractivity contribution in [2.45, 2.75) is 6.04 Å². The molecule has 6 heteroatoms. The van der Waals surface area contributed by atoms with Gasteiger partial charge in [0.15, 0.2) is 0 Å². The zero-order valence-electron chi connectivity index (χ0n) is 17.2. The molecule has 4 aromatic rings. The number of para-hydroxylation sites is 2. The van der Waals surface area contributed by atoms with E-state index in [2.05, 4.69) is 79.4 Å². The van der Waals surface area contributed by atoms with Crippen LogP contribution in [0.15, 0.2) is 85.3 Å². The van der Waals surface area contributed by atoms with Crippen molar-refractivity contribution in [2.75, 3.05) is 41.3 Å². The highest BCUT2D eigenvalue weighted by molar-refractivity contribution is 5.68. The lowest BCUT2D eigenvalue weighted by molar-refractivity contribution is 0.636. The lowest BCUT2D eigenvalue weighted by atomic mass is 10.0. The summed E-state index contributed by atoms with van der Waals surface area (Å²) in [5.41, 5.74) is 4.78. The summed E-state index contributed by atoms with van der Waals surface area (Å²) in [7, 11) is 0. The topological polar surface area (TPSA) is 49.2 Å². The SMILES string of the molecule is c1ccc(N2CCN(c3ncccc3C3Nc4ccccc4-n4cccc43)CC2)nc1. The van der Waals surface area contributed by atoms with Gasteiger partial charge < -0.3 is 19.7 Å². The number of aromatic nitrogens is 3. The highest BCUT2D eigenvalue weighted by Crippen LogP contribution is 2.39. The molecular formula is C25H24N6. The molecular weight excluding hydrogens is 384 g/mol. The molecule has 31 heavy (non-hydrogen) atoms. The third-order valence-electron chi connectivity index (χ3n) is 6.22. The van der Waals surface area contributed by atoms with E-state index in [-0.39, 0.29) is 6.04 Å². The summed E-state index contributed by atoms with van der Waals surface area (Å²) in [6.45, 7) is 3.71. The normalized spacial score (nSPS) is 17.6. The van der Waals surface area contributed by atoms with E-state index in [0.717, 1.165) is 43.5 Å². The van der Waals surface area contributed by atoms with E-state index in [1.165, 1.54) is 16.9 Å². The summed E-state index contributed by atoms with van der Waals surface area (Å²) in [5.74, 6) is 2.11. The molecule has 1 unspecified atom stereocenters. The van der Waals surface area contributed by atoms with Crippen LogP contribution in [0.2, 0.25) is 0 Å². The average molecular weight is 409 g/mol. The number of piperazine rings is 1. The lowest BCUT2D eigenvalue weighted by Crippen LogP contribution is -2.47. The molecule has 0 radical (unpaired) electrons. The first kappa shape index (κ1) is 18.0. The quantitative estimate of drug-likeness (QED) is 0.553. The van der Waals surface area contributed by atoms with Gasteiger partial charge in [-0.25, -0.2) is 9.97 Å². The Morgan fingerprint density at radius 2 is 1.55 bits per heavy atom. The molecule has 6 nitrogen and oxygen atoms in total. The largest absolute Gasteiger partial charge is 0.371 e. The monoisotopic (exact) mass is 408 g/mol. The van der Waals surface area contributed by atoms with Gasteiger partial charge in [0.1, 0.15) is 11.6 Å². The number of hydrogen-bond donors (Lipinski definition) is 1. The fraction of sp³-hybridized carbons (Fsp3) is 0.200. The van der Waals surface area contributed by atoms with Crippen molar-refractivity contribution in [1.82, 2.24) is 14.5 Å². The fourth-order valence-electron chi connectivity index (χ4n) is 4.71. The van der Waals surface area contributed by atoms with Gasteiger partial charge in [0.05, 0.1) is 17.4 Å². The van der Waals surface area contributed by atoms with Gasteiger partial charge in [-0.2, -0.15) is 0 Å². The van der Waals surface area contributed by atoms with Crippen molar-refractivity contribution in [3.8, 4) is 5.69 Å². The van der Waals surface area contributed by atoms with Crippen LogP contribution >= 0.6 is 0 Å². The van der Waals surface area contributed by atoms with Crippen LogP contribution in [0, 0.1) is 0 Å². The Bertz CT molecular complexity index is 1190. The Morgan fingerprint density at radius 3 is 2.42 bits per heavy atom. The zero-order valence-corrected chi connectivity index (χ0v) is 17.2. The van der Waals surface area contributed by atoms with Crippen LogP contribution in [0.25, 0.3) is 5.69 Å². The molecule has 6 rings (SSSR count). The van der Waals surface area contributed by atoms with Crippen molar-refractivity contribution < 1.29 is 0 Å². The van der Waals surface area contributed by atoms with Crippen molar-refractivity contribution in [2.24, 2.45) is 0 Å². The van der Waals surface area contributed by atoms with Crippen LogP contribution in [0.1, 0.15) is 17.3 Å². The van der Waals surface area contributed by atoms with Crippen molar-refractivity contribution in [3.63, 3.8) is 0 Å². The number of hydrogen-bond acceptors (Lipinski definition) is 5. The molecule has 1 fully saturated rings. The number of nitrogens with zero attached hydrogens (tertiary/aromatic N) is 5. The molecule has 154 valence electrons. The summed E-state index contributed by atoms with van der Waals surface area (Å²) in [6.07, 6.45) is 5.91. The van der Waals surface area contributed by atoms with Gasteiger partial charge in [0, 0.05) is 56.0 Å². The highest BCUT2D eigenvalue weighted by Gasteiger charge is 2.29. The minimum Gasteiger partial charge on any atom is -0.371 e. The van der Waals surface area contributed by atoms with Crippen LogP contribution < -0.4 is 15.1 Å². The predicted molar refractivity (Wildman–Crippen MR) is 124 cm³/mol. The zero-order chi connectivity index (χ0) is 20.6. The Labute approximate surface area is 181 Å². The minimum atomic E-state index is 0.0578. The first-order valence-corrected chi connectivity index (χ1v) is 10.8. The summed E-state index contributed by atoms with van der Waals surface area (Å²) in [5, 5.41) is 3.76. The number of fused-ring (bicyclic) bond motifs is 3. The Kier molecular flexibility index (Phi) is 4.34. The number of rotatable bonds is 3. The number of pyridine rings is 2. The Balaban J connectivity index is 1.31. The standard InChI is InChI=1S/C25H24N6/c1-2-9-21-20(8-1)28-24(22-10-6-14-31(21)22)19-7-5-13-27-25(19)30-17-15-29(16-18-30)23-11-3-4-12-26-23/h1-14,24,28H,15-18H2. The lowest BCUT2D eigenvalue weighted by Gasteiger charge is -2.38. The van der Waals surface area contributed by atoms with Crippen molar-refractivity contribution >= 4 is 17.3 Å². The van der Waals surface area contributed by atoms with Gasteiger partial charge in [-0.15, -0.1) is 0 Å². The highest BCUT2D eigenvalue weighted by atomic mass is 15.3. The van der Waals surface area contributed by atoms with E-state index < -0.39 is 0 Å². The van der Waals surface area contributed by atoms with Gasteiger partial charge in [-0.05, 0) is 42.5 Å². The summed E-state index contributed by atoms with van der Waals surface area (Å²) < 4.78 is 2.28. The maximum atomic E-state index is 4.83. The number of anilines is 3. The van der Waals surface area contributed by atoms with Crippen LogP contribution in [-0.2, 0) is 0 Å². The van der Waals surface area contributed by atoms with Gasteiger partial charge in [0.25, 0.3) is 0 Å². The molecule has 1 N–H and O–H groups in total. The van der Waals surface area contributed by atoms with Gasteiger partial charge in [-0.3, -0.25) is 0 Å². The van der Waals surface area contributed by atoms with Crippen LogP contribution in [0.4, 0.5) is 17.3 Å². The van der Waals surface area contributed by atoms with E-state index in [1.807, 2.05) is 30.6 Å². The van der Waals surface area contributed by atoms with E-state index in [9.17, 15) is 0 Å². The smallest absolute Gasteiger partial charge is 0.134 e. The van der Waals surface area contributed by atoms with Gasteiger partial charge >= 0.3 is 0 Å². The van der Waals surface area contributed by atoms with E-state index >= 15 is 0 Å². The fourth-order valence-corrected chi connectivity index (χ4v) is 4.71. The molecule has 0 saturated carbocycles. The molecule has 5 heterocycles. The molecule has 0 spiro atoms. The van der Waals surface area contributed by atoms with E-state index in [4.69, 9.17) is 4.98 Å². The molecule has 3 aromatic heterocycles. The third kappa shape index (κ3) is 3.11. The molecule has 0 amide bonds. The molecule has 1 atom stereocenters. The molecule has 1 saturated heterocycles. The molecule has 0 aliphatic carbocycles.